The maximum absolute atomic E-state index is 5.61. The number of anilines is 1. The molecule has 2 aromatic heterocycles. The number of nitrogens with one attached hydrogen (secondary N) is 2. The standard InChI is InChI=1S/C24H31N7O/c1-3-25-24(28-17-21-18-32-23(29-21)20-7-5-4-6-8-20)27-16-19-9-10-22(26-15-19)31-13-11-30(2)12-14-31/h4-10,15,18H,3,11-14,16-17H2,1-2H3,(H2,25,27,28). The fourth-order valence-corrected chi connectivity index (χ4v) is 3.52. The zero-order valence-corrected chi connectivity index (χ0v) is 18.8. The highest BCUT2D eigenvalue weighted by molar-refractivity contribution is 5.79. The van der Waals surface area contributed by atoms with Gasteiger partial charge in [-0.15, -0.1) is 0 Å². The molecule has 0 aliphatic carbocycles. The van der Waals surface area contributed by atoms with E-state index in [1.54, 1.807) is 6.26 Å². The molecule has 168 valence electrons. The molecular weight excluding hydrogens is 402 g/mol. The molecule has 3 aromatic rings. The summed E-state index contributed by atoms with van der Waals surface area (Å²) in [4.78, 5) is 18.6. The van der Waals surface area contributed by atoms with E-state index in [9.17, 15) is 0 Å². The van der Waals surface area contributed by atoms with Crippen LogP contribution in [0, 0.1) is 0 Å². The van der Waals surface area contributed by atoms with E-state index in [1.165, 1.54) is 0 Å². The van der Waals surface area contributed by atoms with Gasteiger partial charge in [0.1, 0.15) is 12.1 Å². The summed E-state index contributed by atoms with van der Waals surface area (Å²) in [6.07, 6.45) is 3.60. The Balaban J connectivity index is 1.32. The van der Waals surface area contributed by atoms with Gasteiger partial charge >= 0.3 is 0 Å². The molecule has 1 fully saturated rings. The monoisotopic (exact) mass is 433 g/mol. The minimum Gasteiger partial charge on any atom is -0.444 e. The number of rotatable bonds is 7. The van der Waals surface area contributed by atoms with Crippen LogP contribution >= 0.6 is 0 Å². The van der Waals surface area contributed by atoms with E-state index in [1.807, 2.05) is 43.5 Å². The van der Waals surface area contributed by atoms with E-state index >= 15 is 0 Å². The van der Waals surface area contributed by atoms with Crippen LogP contribution < -0.4 is 15.5 Å². The van der Waals surface area contributed by atoms with Crippen LogP contribution in [-0.2, 0) is 13.1 Å². The van der Waals surface area contributed by atoms with E-state index in [0.717, 1.165) is 61.3 Å². The third-order valence-corrected chi connectivity index (χ3v) is 5.41. The Bertz CT molecular complexity index is 993. The predicted octanol–water partition coefficient (Wildman–Crippen LogP) is 2.74. The first-order chi connectivity index (χ1) is 15.7. The van der Waals surface area contributed by atoms with Crippen molar-refractivity contribution in [1.82, 2.24) is 25.5 Å². The van der Waals surface area contributed by atoms with Crippen LogP contribution in [0.2, 0.25) is 0 Å². The van der Waals surface area contributed by atoms with Crippen molar-refractivity contribution >= 4 is 11.8 Å². The maximum atomic E-state index is 5.61. The van der Waals surface area contributed by atoms with Gasteiger partial charge in [0.2, 0.25) is 5.89 Å². The van der Waals surface area contributed by atoms with Gasteiger partial charge in [-0.25, -0.2) is 15.0 Å². The van der Waals surface area contributed by atoms with E-state index < -0.39 is 0 Å². The molecule has 1 aliphatic rings. The van der Waals surface area contributed by atoms with Gasteiger partial charge in [0.15, 0.2) is 5.96 Å². The van der Waals surface area contributed by atoms with Crippen molar-refractivity contribution in [2.24, 2.45) is 4.99 Å². The Labute approximate surface area is 189 Å². The van der Waals surface area contributed by atoms with Crippen molar-refractivity contribution in [3.05, 3.63) is 66.2 Å². The summed E-state index contributed by atoms with van der Waals surface area (Å²) in [5.41, 5.74) is 2.87. The van der Waals surface area contributed by atoms with Crippen LogP contribution in [0.25, 0.3) is 11.5 Å². The normalized spacial score (nSPS) is 15.1. The first-order valence-corrected chi connectivity index (χ1v) is 11.1. The van der Waals surface area contributed by atoms with Gasteiger partial charge in [0, 0.05) is 44.5 Å². The van der Waals surface area contributed by atoms with Crippen LogP contribution in [0.3, 0.4) is 0 Å². The van der Waals surface area contributed by atoms with Crippen molar-refractivity contribution in [3.8, 4) is 11.5 Å². The van der Waals surface area contributed by atoms with Gasteiger partial charge in [-0.2, -0.15) is 0 Å². The average molecular weight is 434 g/mol. The number of oxazole rings is 1. The number of piperazine rings is 1. The number of hydrogen-bond donors (Lipinski definition) is 2. The molecule has 0 saturated carbocycles. The second kappa shape index (κ2) is 10.8. The number of likely N-dealkylation sites (N-methyl/N-ethyl adjacent to an activating group) is 1. The van der Waals surface area contributed by atoms with E-state index in [4.69, 9.17) is 9.41 Å². The van der Waals surface area contributed by atoms with Gasteiger partial charge in [-0.3, -0.25) is 0 Å². The van der Waals surface area contributed by atoms with Gasteiger partial charge < -0.3 is 24.9 Å². The van der Waals surface area contributed by atoms with Crippen molar-refractivity contribution < 1.29 is 4.42 Å². The molecule has 2 N–H and O–H groups in total. The van der Waals surface area contributed by atoms with E-state index in [0.29, 0.717) is 19.0 Å². The lowest BCUT2D eigenvalue weighted by Gasteiger charge is -2.33. The van der Waals surface area contributed by atoms with Crippen molar-refractivity contribution in [1.29, 1.82) is 0 Å². The number of hydrogen-bond acceptors (Lipinski definition) is 6. The summed E-state index contributed by atoms with van der Waals surface area (Å²) < 4.78 is 5.61. The van der Waals surface area contributed by atoms with Gasteiger partial charge in [-0.1, -0.05) is 24.3 Å². The quantitative estimate of drug-likeness (QED) is 0.438. The molecule has 3 heterocycles. The fourth-order valence-electron chi connectivity index (χ4n) is 3.52. The summed E-state index contributed by atoms with van der Waals surface area (Å²) in [6, 6.07) is 14.1. The average Bonchev–Trinajstić information content (AvgIpc) is 3.31. The lowest BCUT2D eigenvalue weighted by Crippen LogP contribution is -2.44. The molecule has 4 rings (SSSR count). The Hall–Kier alpha value is -3.39. The molecule has 0 amide bonds. The highest BCUT2D eigenvalue weighted by Crippen LogP contribution is 2.18. The van der Waals surface area contributed by atoms with Crippen LogP contribution in [0.15, 0.2) is 64.3 Å². The molecule has 0 atom stereocenters. The van der Waals surface area contributed by atoms with Crippen LogP contribution in [0.1, 0.15) is 18.2 Å². The fraction of sp³-hybridized carbons (Fsp3) is 0.375. The Morgan fingerprint density at radius 3 is 2.59 bits per heavy atom. The van der Waals surface area contributed by atoms with Crippen LogP contribution in [-0.4, -0.2) is 60.6 Å². The Kier molecular flexibility index (Phi) is 7.34. The Morgan fingerprint density at radius 2 is 1.88 bits per heavy atom. The number of guanidine groups is 1. The molecule has 0 radical (unpaired) electrons. The SMILES string of the molecule is CCNC(=NCc1ccc(N2CCN(C)CC2)nc1)NCc1coc(-c2ccccc2)n1. The summed E-state index contributed by atoms with van der Waals surface area (Å²) in [7, 11) is 2.16. The maximum Gasteiger partial charge on any atom is 0.226 e. The van der Waals surface area contributed by atoms with Crippen molar-refractivity contribution in [2.75, 3.05) is 44.7 Å². The van der Waals surface area contributed by atoms with Crippen LogP contribution in [0.5, 0.6) is 0 Å². The number of benzene rings is 1. The summed E-state index contributed by atoms with van der Waals surface area (Å²) in [5.74, 6) is 2.40. The minimum atomic E-state index is 0.531. The number of aliphatic imine (C=N–C) groups is 1. The number of pyridine rings is 1. The first-order valence-electron chi connectivity index (χ1n) is 11.1. The predicted molar refractivity (Wildman–Crippen MR) is 128 cm³/mol. The van der Waals surface area contributed by atoms with E-state index in [-0.39, 0.29) is 0 Å². The largest absolute Gasteiger partial charge is 0.444 e. The molecule has 0 spiro atoms. The topological polar surface area (TPSA) is 81.8 Å². The molecule has 1 saturated heterocycles. The summed E-state index contributed by atoms with van der Waals surface area (Å²) >= 11 is 0. The Morgan fingerprint density at radius 1 is 1.06 bits per heavy atom. The molecule has 32 heavy (non-hydrogen) atoms. The smallest absolute Gasteiger partial charge is 0.226 e. The second-order valence-electron chi connectivity index (χ2n) is 7.87. The molecule has 1 aromatic carbocycles. The lowest BCUT2D eigenvalue weighted by molar-refractivity contribution is 0.312. The molecular formula is C24H31N7O. The number of nitrogens with zero attached hydrogens (tertiary/aromatic N) is 5. The zero-order chi connectivity index (χ0) is 22.2. The molecule has 8 nitrogen and oxygen atoms in total. The van der Waals surface area contributed by atoms with Gasteiger partial charge in [-0.05, 0) is 37.7 Å². The number of aromatic nitrogens is 2. The van der Waals surface area contributed by atoms with Gasteiger partial charge in [0.05, 0.1) is 18.8 Å². The summed E-state index contributed by atoms with van der Waals surface area (Å²) in [6.45, 7) is 8.09. The molecule has 8 heteroatoms. The lowest BCUT2D eigenvalue weighted by atomic mass is 10.2. The zero-order valence-electron chi connectivity index (χ0n) is 18.8. The van der Waals surface area contributed by atoms with Crippen molar-refractivity contribution in [3.63, 3.8) is 0 Å². The highest BCUT2D eigenvalue weighted by atomic mass is 16.3. The van der Waals surface area contributed by atoms with Crippen LogP contribution in [0.4, 0.5) is 5.82 Å². The molecule has 0 bridgehead atoms. The molecule has 0 unspecified atom stereocenters. The van der Waals surface area contributed by atoms with Crippen molar-refractivity contribution in [2.45, 2.75) is 20.0 Å². The summed E-state index contributed by atoms with van der Waals surface area (Å²) in [5, 5.41) is 6.60. The minimum absolute atomic E-state index is 0.531. The highest BCUT2D eigenvalue weighted by Gasteiger charge is 2.15. The third-order valence-electron chi connectivity index (χ3n) is 5.41. The second-order valence-corrected chi connectivity index (χ2v) is 7.87. The van der Waals surface area contributed by atoms with Gasteiger partial charge in [0.25, 0.3) is 0 Å². The molecule has 1 aliphatic heterocycles. The van der Waals surface area contributed by atoms with E-state index in [2.05, 4.69) is 49.6 Å². The first kappa shape index (κ1) is 21.8. The third kappa shape index (κ3) is 5.85.